The minimum Gasteiger partial charge on any atom is -0.369 e. The van der Waals surface area contributed by atoms with Crippen molar-refractivity contribution in [2.45, 2.75) is 33.1 Å². The number of nitrogens with two attached hydrogens (primary N) is 1. The number of rotatable bonds is 5. The zero-order valence-corrected chi connectivity index (χ0v) is 7.84. The summed E-state index contributed by atoms with van der Waals surface area (Å²) in [6.07, 6.45) is 8.37. The molecular formula is C10H17NO. The van der Waals surface area contributed by atoms with Crippen LogP contribution >= 0.6 is 0 Å². The summed E-state index contributed by atoms with van der Waals surface area (Å²) in [5, 5.41) is 0. The molecule has 0 fully saturated rings. The Morgan fingerprint density at radius 1 is 1.50 bits per heavy atom. The number of hydrogen-bond donors (Lipinski definition) is 1. The van der Waals surface area contributed by atoms with Gasteiger partial charge >= 0.3 is 0 Å². The van der Waals surface area contributed by atoms with Crippen molar-refractivity contribution in [2.24, 2.45) is 5.73 Å². The number of hydrogen-bond acceptors (Lipinski definition) is 1. The molecule has 0 radical (unpaired) electrons. The van der Waals surface area contributed by atoms with Crippen LogP contribution in [0.2, 0.25) is 0 Å². The lowest BCUT2D eigenvalue weighted by molar-refractivity contribution is -0.117. The summed E-state index contributed by atoms with van der Waals surface area (Å²) < 4.78 is 0. The summed E-state index contributed by atoms with van der Waals surface area (Å²) in [5.74, 6) is -0.268. The highest BCUT2D eigenvalue weighted by molar-refractivity contribution is 5.77. The summed E-state index contributed by atoms with van der Waals surface area (Å²) in [6.45, 7) is 4.04. The number of carbonyl (C=O) groups excluding carboxylic acids is 1. The molecule has 1 amide bonds. The molecule has 0 saturated carbocycles. The van der Waals surface area contributed by atoms with E-state index in [0.717, 1.165) is 18.4 Å². The van der Waals surface area contributed by atoms with Crippen molar-refractivity contribution >= 4 is 5.91 Å². The Hall–Kier alpha value is -1.05. The fourth-order valence-electron chi connectivity index (χ4n) is 0.944. The summed E-state index contributed by atoms with van der Waals surface area (Å²) in [4.78, 5) is 10.6. The molecule has 0 rings (SSSR count). The maximum Gasteiger partial charge on any atom is 0.221 e. The second kappa shape index (κ2) is 6.65. The largest absolute Gasteiger partial charge is 0.369 e. The molecule has 0 aliphatic rings. The molecule has 0 unspecified atom stereocenters. The molecule has 2 heteroatoms. The minimum absolute atomic E-state index is 0.268. The summed E-state index contributed by atoms with van der Waals surface area (Å²) in [5.41, 5.74) is 6.10. The van der Waals surface area contributed by atoms with Crippen LogP contribution in [0, 0.1) is 0 Å². The predicted octanol–water partition coefficient (Wildman–Crippen LogP) is 2.16. The van der Waals surface area contributed by atoms with Crippen molar-refractivity contribution in [3.8, 4) is 0 Å². The van der Waals surface area contributed by atoms with Gasteiger partial charge in [0, 0.05) is 0 Å². The quantitative estimate of drug-likeness (QED) is 0.626. The first-order chi connectivity index (χ1) is 5.70. The van der Waals surface area contributed by atoms with E-state index in [2.05, 4.69) is 13.0 Å². The molecule has 2 nitrogen and oxygen atoms in total. The molecule has 0 aliphatic carbocycles. The van der Waals surface area contributed by atoms with Gasteiger partial charge < -0.3 is 5.73 Å². The number of allylic oxidation sites excluding steroid dienone is 3. The average Bonchev–Trinajstić information content (AvgIpc) is 2.00. The molecular weight excluding hydrogens is 150 g/mol. The van der Waals surface area contributed by atoms with Crippen LogP contribution in [0.3, 0.4) is 0 Å². The second-order valence-corrected chi connectivity index (χ2v) is 2.71. The molecule has 0 aromatic heterocycles. The van der Waals surface area contributed by atoms with Gasteiger partial charge in [0.15, 0.2) is 0 Å². The van der Waals surface area contributed by atoms with E-state index in [0.29, 0.717) is 6.42 Å². The second-order valence-electron chi connectivity index (χ2n) is 2.71. The van der Waals surface area contributed by atoms with E-state index in [1.807, 2.05) is 19.1 Å². The Labute approximate surface area is 74.1 Å². The van der Waals surface area contributed by atoms with Gasteiger partial charge in [-0.2, -0.15) is 0 Å². The highest BCUT2D eigenvalue weighted by Gasteiger charge is 1.96. The van der Waals surface area contributed by atoms with Crippen LogP contribution < -0.4 is 5.73 Å². The van der Waals surface area contributed by atoms with Crippen LogP contribution in [0.15, 0.2) is 23.8 Å². The van der Waals surface area contributed by atoms with Gasteiger partial charge in [0.05, 0.1) is 6.42 Å². The number of carbonyl (C=O) groups is 1. The molecule has 12 heavy (non-hydrogen) atoms. The van der Waals surface area contributed by atoms with Crippen LogP contribution in [0.25, 0.3) is 0 Å². The Kier molecular flexibility index (Phi) is 6.07. The van der Waals surface area contributed by atoms with E-state index in [1.165, 1.54) is 0 Å². The van der Waals surface area contributed by atoms with Crippen LogP contribution in [0.1, 0.15) is 33.1 Å². The highest BCUT2D eigenvalue weighted by atomic mass is 16.1. The number of primary amides is 1. The van der Waals surface area contributed by atoms with E-state index in [9.17, 15) is 4.79 Å². The van der Waals surface area contributed by atoms with Gasteiger partial charge in [-0.3, -0.25) is 4.79 Å². The molecule has 0 spiro atoms. The molecule has 0 aromatic carbocycles. The fraction of sp³-hybridized carbons (Fsp3) is 0.500. The first kappa shape index (κ1) is 11.0. The van der Waals surface area contributed by atoms with E-state index in [4.69, 9.17) is 5.73 Å². The number of unbranched alkanes of at least 4 members (excludes halogenated alkanes) is 1. The molecule has 0 heterocycles. The summed E-state index contributed by atoms with van der Waals surface area (Å²) >= 11 is 0. The molecule has 0 bridgehead atoms. The van der Waals surface area contributed by atoms with Gasteiger partial charge in [0.25, 0.3) is 0 Å². The first-order valence-electron chi connectivity index (χ1n) is 4.30. The third-order valence-corrected chi connectivity index (χ3v) is 1.45. The Morgan fingerprint density at radius 3 is 2.58 bits per heavy atom. The van der Waals surface area contributed by atoms with Gasteiger partial charge in [-0.25, -0.2) is 0 Å². The van der Waals surface area contributed by atoms with Crippen molar-refractivity contribution in [1.29, 1.82) is 0 Å². The average molecular weight is 167 g/mol. The van der Waals surface area contributed by atoms with E-state index < -0.39 is 0 Å². The maximum absolute atomic E-state index is 10.6. The van der Waals surface area contributed by atoms with Gasteiger partial charge in [-0.1, -0.05) is 31.6 Å². The molecule has 0 atom stereocenters. The summed E-state index contributed by atoms with van der Waals surface area (Å²) in [6, 6.07) is 0. The normalized spacial score (nSPS) is 12.3. The van der Waals surface area contributed by atoms with E-state index in [1.54, 1.807) is 0 Å². The number of amides is 1. The van der Waals surface area contributed by atoms with Crippen molar-refractivity contribution in [2.75, 3.05) is 0 Å². The van der Waals surface area contributed by atoms with Crippen molar-refractivity contribution in [3.63, 3.8) is 0 Å². The third kappa shape index (κ3) is 5.71. The van der Waals surface area contributed by atoms with Crippen molar-refractivity contribution < 1.29 is 4.79 Å². The van der Waals surface area contributed by atoms with Crippen molar-refractivity contribution in [3.05, 3.63) is 23.8 Å². The smallest absolute Gasteiger partial charge is 0.221 e. The zero-order valence-electron chi connectivity index (χ0n) is 7.84. The Morgan fingerprint density at radius 2 is 2.17 bits per heavy atom. The lowest BCUT2D eigenvalue weighted by Gasteiger charge is -1.97. The van der Waals surface area contributed by atoms with E-state index in [-0.39, 0.29) is 5.91 Å². The van der Waals surface area contributed by atoms with Crippen LogP contribution in [-0.4, -0.2) is 5.91 Å². The van der Waals surface area contributed by atoms with Gasteiger partial charge in [0.1, 0.15) is 0 Å². The lowest BCUT2D eigenvalue weighted by Crippen LogP contribution is -2.10. The fourth-order valence-corrected chi connectivity index (χ4v) is 0.944. The SMILES string of the molecule is C/C=C\C(=CCCC)CC(N)=O. The van der Waals surface area contributed by atoms with Crippen LogP contribution in [0.4, 0.5) is 0 Å². The molecule has 68 valence electrons. The first-order valence-corrected chi connectivity index (χ1v) is 4.30. The molecule has 0 saturated heterocycles. The topological polar surface area (TPSA) is 43.1 Å². The van der Waals surface area contributed by atoms with Crippen molar-refractivity contribution in [1.82, 2.24) is 0 Å². The maximum atomic E-state index is 10.6. The molecule has 2 N–H and O–H groups in total. The summed E-state index contributed by atoms with van der Waals surface area (Å²) in [7, 11) is 0. The van der Waals surface area contributed by atoms with Gasteiger partial charge in [0.2, 0.25) is 5.91 Å². The Bertz CT molecular complexity index is 192. The van der Waals surface area contributed by atoms with Gasteiger partial charge in [-0.05, 0) is 18.9 Å². The zero-order chi connectivity index (χ0) is 9.40. The standard InChI is InChI=1S/C10H17NO/c1-3-5-7-9(6-4-2)8-10(11)12/h4,6-7H,3,5,8H2,1-2H3,(H2,11,12)/b6-4-,9-7?. The van der Waals surface area contributed by atoms with Crippen LogP contribution in [0.5, 0.6) is 0 Å². The third-order valence-electron chi connectivity index (χ3n) is 1.45. The molecule has 0 aliphatic heterocycles. The van der Waals surface area contributed by atoms with E-state index >= 15 is 0 Å². The van der Waals surface area contributed by atoms with Gasteiger partial charge in [-0.15, -0.1) is 0 Å². The molecule has 0 aromatic rings. The lowest BCUT2D eigenvalue weighted by atomic mass is 10.1. The predicted molar refractivity (Wildman–Crippen MR) is 51.6 cm³/mol. The minimum atomic E-state index is -0.268. The van der Waals surface area contributed by atoms with Crippen LogP contribution in [-0.2, 0) is 4.79 Å². The highest BCUT2D eigenvalue weighted by Crippen LogP contribution is 2.05. The Balaban J connectivity index is 4.12. The monoisotopic (exact) mass is 167 g/mol.